The summed E-state index contributed by atoms with van der Waals surface area (Å²) in [6, 6.07) is 28.2. The molecule has 0 aliphatic carbocycles. The minimum Gasteiger partial charge on any atom is -0.461 e. The summed E-state index contributed by atoms with van der Waals surface area (Å²) in [7, 11) is 0. The van der Waals surface area contributed by atoms with Gasteiger partial charge in [0.25, 0.3) is 0 Å². The van der Waals surface area contributed by atoms with Crippen molar-refractivity contribution in [3.8, 4) is 22.5 Å². The molecule has 5 nitrogen and oxygen atoms in total. The fourth-order valence-corrected chi connectivity index (χ4v) is 3.20. The molecule has 4 rings (SSSR count). The van der Waals surface area contributed by atoms with E-state index in [1.54, 1.807) is 0 Å². The van der Waals surface area contributed by atoms with Crippen LogP contribution < -0.4 is 0 Å². The molecule has 1 aromatic heterocycles. The van der Waals surface area contributed by atoms with Gasteiger partial charge in [-0.05, 0) is 11.1 Å². The van der Waals surface area contributed by atoms with Crippen LogP contribution in [0.4, 0.5) is 0 Å². The number of hydrogen-bond donors (Lipinski definition) is 0. The Morgan fingerprint density at radius 2 is 1.48 bits per heavy atom. The Morgan fingerprint density at radius 1 is 0.828 bits per heavy atom. The van der Waals surface area contributed by atoms with Crippen molar-refractivity contribution < 1.29 is 9.53 Å². The normalized spacial score (nSPS) is 10.7. The van der Waals surface area contributed by atoms with Crippen LogP contribution in [0.1, 0.15) is 18.1 Å². The number of nitrogens with zero attached hydrogens (tertiary/aromatic N) is 3. The molecule has 0 amide bonds. The maximum atomic E-state index is 11.0. The van der Waals surface area contributed by atoms with Crippen LogP contribution in [0.3, 0.4) is 0 Å². The first kappa shape index (κ1) is 18.6. The molecule has 144 valence electrons. The van der Waals surface area contributed by atoms with Crippen LogP contribution in [-0.4, -0.2) is 21.0 Å². The van der Waals surface area contributed by atoms with E-state index in [1.807, 2.05) is 77.5 Å². The maximum absolute atomic E-state index is 11.0. The largest absolute Gasteiger partial charge is 0.461 e. The molecule has 0 atom stereocenters. The van der Waals surface area contributed by atoms with Crippen LogP contribution in [0.15, 0.2) is 84.9 Å². The van der Waals surface area contributed by atoms with Gasteiger partial charge in [0, 0.05) is 18.1 Å². The highest BCUT2D eigenvalue weighted by Crippen LogP contribution is 2.31. The second-order valence-electron chi connectivity index (χ2n) is 6.77. The summed E-state index contributed by atoms with van der Waals surface area (Å²) < 4.78 is 7.01. The van der Waals surface area contributed by atoms with Crippen LogP contribution in [-0.2, 0) is 22.7 Å². The smallest absolute Gasteiger partial charge is 0.302 e. The SMILES string of the molecule is CC(=O)OCc1ccc(-c2c(-c3ccccc3)nnn2Cc2ccccc2)cc1. The Labute approximate surface area is 169 Å². The Morgan fingerprint density at radius 3 is 2.14 bits per heavy atom. The molecule has 0 aliphatic rings. The second kappa shape index (κ2) is 8.52. The summed E-state index contributed by atoms with van der Waals surface area (Å²) in [6.45, 7) is 2.31. The van der Waals surface area contributed by atoms with E-state index in [0.717, 1.165) is 33.6 Å². The second-order valence-corrected chi connectivity index (χ2v) is 6.77. The molecule has 4 aromatic rings. The van der Waals surface area contributed by atoms with E-state index >= 15 is 0 Å². The summed E-state index contributed by atoms with van der Waals surface area (Å²) in [5.41, 5.74) is 5.92. The molecule has 29 heavy (non-hydrogen) atoms. The van der Waals surface area contributed by atoms with Gasteiger partial charge in [-0.15, -0.1) is 5.10 Å². The van der Waals surface area contributed by atoms with E-state index in [-0.39, 0.29) is 12.6 Å². The van der Waals surface area contributed by atoms with Crippen LogP contribution in [0.5, 0.6) is 0 Å². The molecule has 0 fully saturated rings. The number of esters is 1. The summed E-state index contributed by atoms with van der Waals surface area (Å²) in [5.74, 6) is -0.287. The molecule has 0 radical (unpaired) electrons. The standard InChI is InChI=1S/C24H21N3O2/c1-18(28)29-17-20-12-14-22(15-13-20)24-23(21-10-6-3-7-11-21)25-26-27(24)16-19-8-4-2-5-9-19/h2-15H,16-17H2,1H3. The van der Waals surface area contributed by atoms with Gasteiger partial charge in [-0.25, -0.2) is 4.68 Å². The molecule has 0 spiro atoms. The lowest BCUT2D eigenvalue weighted by molar-refractivity contribution is -0.142. The van der Waals surface area contributed by atoms with E-state index in [9.17, 15) is 4.79 Å². The fourth-order valence-electron chi connectivity index (χ4n) is 3.20. The van der Waals surface area contributed by atoms with Gasteiger partial charge < -0.3 is 4.74 Å². The molecule has 0 unspecified atom stereocenters. The first-order chi connectivity index (χ1) is 14.2. The summed E-state index contributed by atoms with van der Waals surface area (Å²) in [6.07, 6.45) is 0. The number of aromatic nitrogens is 3. The average Bonchev–Trinajstić information content (AvgIpc) is 3.17. The van der Waals surface area contributed by atoms with Gasteiger partial charge in [-0.1, -0.05) is 90.1 Å². The third-order valence-corrected chi connectivity index (χ3v) is 4.63. The van der Waals surface area contributed by atoms with Crippen molar-refractivity contribution in [1.82, 2.24) is 15.0 Å². The molecule has 0 saturated carbocycles. The summed E-state index contributed by atoms with van der Waals surface area (Å²) in [5, 5.41) is 8.93. The van der Waals surface area contributed by atoms with Gasteiger partial charge in [0.15, 0.2) is 0 Å². The van der Waals surface area contributed by atoms with Gasteiger partial charge in [0.2, 0.25) is 0 Å². The van der Waals surface area contributed by atoms with Gasteiger partial charge in [0.1, 0.15) is 12.3 Å². The first-order valence-electron chi connectivity index (χ1n) is 9.46. The molecule has 0 bridgehead atoms. The van der Waals surface area contributed by atoms with Gasteiger partial charge in [-0.2, -0.15) is 0 Å². The zero-order valence-electron chi connectivity index (χ0n) is 16.2. The van der Waals surface area contributed by atoms with E-state index < -0.39 is 0 Å². The Hall–Kier alpha value is -3.73. The van der Waals surface area contributed by atoms with Gasteiger partial charge in [0.05, 0.1) is 12.2 Å². The zero-order chi connectivity index (χ0) is 20.1. The lowest BCUT2D eigenvalue weighted by atomic mass is 10.0. The first-order valence-corrected chi connectivity index (χ1v) is 9.46. The van der Waals surface area contributed by atoms with Crippen LogP contribution >= 0.6 is 0 Å². The van der Waals surface area contributed by atoms with E-state index in [4.69, 9.17) is 4.74 Å². The molecular formula is C24H21N3O2. The number of hydrogen-bond acceptors (Lipinski definition) is 4. The predicted octanol–water partition coefficient (Wildman–Crippen LogP) is 4.72. The highest BCUT2D eigenvalue weighted by molar-refractivity contribution is 5.78. The summed E-state index contributed by atoms with van der Waals surface area (Å²) in [4.78, 5) is 11.0. The zero-order valence-corrected chi connectivity index (χ0v) is 16.2. The Balaban J connectivity index is 1.73. The number of carbonyl (C=O) groups is 1. The monoisotopic (exact) mass is 383 g/mol. The topological polar surface area (TPSA) is 57.0 Å². The highest BCUT2D eigenvalue weighted by atomic mass is 16.5. The highest BCUT2D eigenvalue weighted by Gasteiger charge is 2.17. The molecule has 1 heterocycles. The van der Waals surface area contributed by atoms with Gasteiger partial charge >= 0.3 is 5.97 Å². The van der Waals surface area contributed by atoms with Crippen molar-refractivity contribution in [3.05, 3.63) is 96.1 Å². The third-order valence-electron chi connectivity index (χ3n) is 4.63. The quantitative estimate of drug-likeness (QED) is 0.452. The average molecular weight is 383 g/mol. The Kier molecular flexibility index (Phi) is 5.47. The fraction of sp³-hybridized carbons (Fsp3) is 0.125. The number of carbonyl (C=O) groups excluding carboxylic acids is 1. The molecule has 3 aromatic carbocycles. The van der Waals surface area contributed by atoms with Crippen LogP contribution in [0.25, 0.3) is 22.5 Å². The van der Waals surface area contributed by atoms with Crippen molar-refractivity contribution in [2.45, 2.75) is 20.1 Å². The van der Waals surface area contributed by atoms with E-state index in [1.165, 1.54) is 6.92 Å². The van der Waals surface area contributed by atoms with Crippen LogP contribution in [0.2, 0.25) is 0 Å². The lowest BCUT2D eigenvalue weighted by Crippen LogP contribution is -2.04. The molecule has 0 saturated heterocycles. The van der Waals surface area contributed by atoms with E-state index in [0.29, 0.717) is 6.54 Å². The van der Waals surface area contributed by atoms with Crippen molar-refractivity contribution >= 4 is 5.97 Å². The van der Waals surface area contributed by atoms with Crippen molar-refractivity contribution in [1.29, 1.82) is 0 Å². The maximum Gasteiger partial charge on any atom is 0.302 e. The Bertz CT molecular complexity index is 1090. The predicted molar refractivity (Wildman–Crippen MR) is 112 cm³/mol. The molecule has 5 heteroatoms. The van der Waals surface area contributed by atoms with E-state index in [2.05, 4.69) is 22.4 Å². The van der Waals surface area contributed by atoms with Crippen molar-refractivity contribution in [2.24, 2.45) is 0 Å². The number of benzene rings is 3. The van der Waals surface area contributed by atoms with Crippen molar-refractivity contribution in [3.63, 3.8) is 0 Å². The van der Waals surface area contributed by atoms with Crippen molar-refractivity contribution in [2.75, 3.05) is 0 Å². The van der Waals surface area contributed by atoms with Crippen LogP contribution in [0, 0.1) is 0 Å². The molecular weight excluding hydrogens is 362 g/mol. The minimum absolute atomic E-state index is 0.267. The molecule has 0 N–H and O–H groups in total. The lowest BCUT2D eigenvalue weighted by Gasteiger charge is -2.10. The minimum atomic E-state index is -0.287. The number of rotatable bonds is 6. The summed E-state index contributed by atoms with van der Waals surface area (Å²) >= 11 is 0. The number of ether oxygens (including phenoxy) is 1. The third kappa shape index (κ3) is 4.41. The van der Waals surface area contributed by atoms with Gasteiger partial charge in [-0.3, -0.25) is 4.79 Å². The molecule has 0 aliphatic heterocycles.